The molecule has 0 aromatic carbocycles. The fourth-order valence-electron chi connectivity index (χ4n) is 1.93. The highest BCUT2D eigenvalue weighted by Gasteiger charge is 2.12. The molecule has 1 fully saturated rings. The van der Waals surface area contributed by atoms with Crippen LogP contribution in [0.15, 0.2) is 15.4 Å². The Morgan fingerprint density at radius 1 is 1.50 bits per heavy atom. The highest BCUT2D eigenvalue weighted by Crippen LogP contribution is 2.12. The van der Waals surface area contributed by atoms with Crippen LogP contribution in [0.2, 0.25) is 0 Å². The minimum absolute atomic E-state index is 0.142. The first kappa shape index (κ1) is 9.52. The minimum Gasteiger partial charge on any atom is -0.384 e. The van der Waals surface area contributed by atoms with Crippen LogP contribution < -0.4 is 10.9 Å². The van der Waals surface area contributed by atoms with Gasteiger partial charge in [0.15, 0.2) is 0 Å². The van der Waals surface area contributed by atoms with E-state index in [2.05, 4.69) is 10.5 Å². The third-order valence-corrected chi connectivity index (χ3v) is 2.73. The minimum atomic E-state index is -0.142. The third-order valence-electron chi connectivity index (χ3n) is 2.73. The van der Waals surface area contributed by atoms with Gasteiger partial charge in [0.25, 0.3) is 5.56 Å². The van der Waals surface area contributed by atoms with E-state index in [0.29, 0.717) is 6.04 Å². The third kappa shape index (κ3) is 2.48. The largest absolute Gasteiger partial charge is 0.384 e. The average Bonchev–Trinajstić information content (AvgIpc) is 2.63. The Labute approximate surface area is 82.7 Å². The van der Waals surface area contributed by atoms with Crippen molar-refractivity contribution in [1.29, 1.82) is 0 Å². The molecule has 1 unspecified atom stereocenters. The van der Waals surface area contributed by atoms with Crippen molar-refractivity contribution in [3.63, 3.8) is 0 Å². The first-order valence-corrected chi connectivity index (χ1v) is 5.25. The van der Waals surface area contributed by atoms with Crippen LogP contribution in [-0.4, -0.2) is 17.7 Å². The van der Waals surface area contributed by atoms with E-state index in [9.17, 15) is 4.79 Å². The fourth-order valence-corrected chi connectivity index (χ4v) is 1.93. The molecule has 4 heteroatoms. The van der Waals surface area contributed by atoms with E-state index in [1.165, 1.54) is 25.3 Å². The molecule has 1 saturated heterocycles. The molecule has 0 spiro atoms. The summed E-state index contributed by atoms with van der Waals surface area (Å²) in [6, 6.07) is 2.13. The standard InChI is InChI=1S/C10H16N2O2/c13-10-7-9(14-12-10)5-4-8-3-1-2-6-11-8/h7-8,11H,1-6H2,(H,12,13). The summed E-state index contributed by atoms with van der Waals surface area (Å²) in [5, 5.41) is 5.77. The number of hydrogen-bond donors (Lipinski definition) is 2. The second kappa shape index (κ2) is 4.46. The Kier molecular flexibility index (Phi) is 3.03. The normalized spacial score (nSPS) is 22.4. The smallest absolute Gasteiger partial charge is 0.280 e. The van der Waals surface area contributed by atoms with Gasteiger partial charge in [0.1, 0.15) is 5.76 Å². The zero-order chi connectivity index (χ0) is 9.80. The van der Waals surface area contributed by atoms with Crippen LogP contribution in [0.4, 0.5) is 0 Å². The molecule has 14 heavy (non-hydrogen) atoms. The maximum Gasteiger partial charge on any atom is 0.280 e. The van der Waals surface area contributed by atoms with Crippen LogP contribution in [0.1, 0.15) is 31.4 Å². The van der Waals surface area contributed by atoms with Crippen molar-refractivity contribution >= 4 is 0 Å². The van der Waals surface area contributed by atoms with Crippen LogP contribution in [-0.2, 0) is 6.42 Å². The number of rotatable bonds is 3. The zero-order valence-corrected chi connectivity index (χ0v) is 8.21. The van der Waals surface area contributed by atoms with Crippen LogP contribution in [0, 0.1) is 0 Å². The Bertz CT molecular complexity index is 323. The van der Waals surface area contributed by atoms with Gasteiger partial charge in [0.05, 0.1) is 0 Å². The van der Waals surface area contributed by atoms with Gasteiger partial charge < -0.3 is 9.84 Å². The predicted octanol–water partition coefficient (Wildman–Crippen LogP) is 1.04. The highest BCUT2D eigenvalue weighted by molar-refractivity contribution is 4.94. The van der Waals surface area contributed by atoms with E-state index in [4.69, 9.17) is 4.52 Å². The van der Waals surface area contributed by atoms with Crippen molar-refractivity contribution < 1.29 is 4.52 Å². The van der Waals surface area contributed by atoms with E-state index >= 15 is 0 Å². The molecule has 78 valence electrons. The summed E-state index contributed by atoms with van der Waals surface area (Å²) in [7, 11) is 0. The monoisotopic (exact) mass is 196 g/mol. The fraction of sp³-hybridized carbons (Fsp3) is 0.700. The van der Waals surface area contributed by atoms with E-state index in [1.54, 1.807) is 0 Å². The molecule has 1 aliphatic rings. The van der Waals surface area contributed by atoms with Crippen LogP contribution in [0.25, 0.3) is 0 Å². The number of H-pyrrole nitrogens is 1. The van der Waals surface area contributed by atoms with Crippen molar-refractivity contribution in [3.8, 4) is 0 Å². The summed E-state index contributed by atoms with van der Waals surface area (Å²) < 4.78 is 4.99. The van der Waals surface area contributed by atoms with Crippen LogP contribution >= 0.6 is 0 Å². The molecular formula is C10H16N2O2. The van der Waals surface area contributed by atoms with Crippen molar-refractivity contribution in [3.05, 3.63) is 22.2 Å². The lowest BCUT2D eigenvalue weighted by Crippen LogP contribution is -2.34. The highest BCUT2D eigenvalue weighted by atomic mass is 16.5. The first-order chi connectivity index (χ1) is 6.84. The topological polar surface area (TPSA) is 58.0 Å². The van der Waals surface area contributed by atoms with Crippen LogP contribution in [0.3, 0.4) is 0 Å². The Morgan fingerprint density at radius 2 is 2.43 bits per heavy atom. The van der Waals surface area contributed by atoms with Gasteiger partial charge in [-0.2, -0.15) is 5.16 Å². The average molecular weight is 196 g/mol. The Morgan fingerprint density at radius 3 is 3.07 bits per heavy atom. The summed E-state index contributed by atoms with van der Waals surface area (Å²) in [6.45, 7) is 1.13. The van der Waals surface area contributed by atoms with E-state index in [-0.39, 0.29) is 5.56 Å². The van der Waals surface area contributed by atoms with Crippen LogP contribution in [0.5, 0.6) is 0 Å². The second-order valence-electron chi connectivity index (χ2n) is 3.86. The molecule has 1 aliphatic heterocycles. The zero-order valence-electron chi connectivity index (χ0n) is 8.21. The number of aromatic nitrogens is 1. The van der Waals surface area contributed by atoms with Gasteiger partial charge in [-0.05, 0) is 25.8 Å². The van der Waals surface area contributed by atoms with E-state index in [1.807, 2.05) is 0 Å². The van der Waals surface area contributed by atoms with Crippen molar-refractivity contribution in [1.82, 2.24) is 10.5 Å². The van der Waals surface area contributed by atoms with Crippen molar-refractivity contribution in [2.75, 3.05) is 6.54 Å². The SMILES string of the molecule is O=c1cc(CCC2CCCCN2)o[nH]1. The summed E-state index contributed by atoms with van der Waals surface area (Å²) >= 11 is 0. The molecule has 0 aliphatic carbocycles. The van der Waals surface area contributed by atoms with Gasteiger partial charge in [-0.15, -0.1) is 0 Å². The van der Waals surface area contributed by atoms with Gasteiger partial charge in [-0.1, -0.05) is 6.42 Å². The summed E-state index contributed by atoms with van der Waals surface area (Å²) in [4.78, 5) is 10.8. The maximum absolute atomic E-state index is 10.8. The summed E-state index contributed by atoms with van der Waals surface area (Å²) in [5.41, 5.74) is -0.142. The molecular weight excluding hydrogens is 180 g/mol. The summed E-state index contributed by atoms with van der Waals surface area (Å²) in [6.07, 6.45) is 5.75. The van der Waals surface area contributed by atoms with Gasteiger partial charge in [0, 0.05) is 18.5 Å². The lowest BCUT2D eigenvalue weighted by molar-refractivity contribution is 0.345. The predicted molar refractivity (Wildman–Crippen MR) is 53.3 cm³/mol. The van der Waals surface area contributed by atoms with Crippen molar-refractivity contribution in [2.24, 2.45) is 0 Å². The molecule has 0 amide bonds. The van der Waals surface area contributed by atoms with Crippen molar-refractivity contribution in [2.45, 2.75) is 38.1 Å². The number of aromatic amines is 1. The van der Waals surface area contributed by atoms with E-state index in [0.717, 1.165) is 25.1 Å². The lowest BCUT2D eigenvalue weighted by atomic mass is 10.00. The van der Waals surface area contributed by atoms with E-state index < -0.39 is 0 Å². The molecule has 2 rings (SSSR count). The maximum atomic E-state index is 10.8. The number of piperidine rings is 1. The number of aryl methyl sites for hydroxylation is 1. The lowest BCUT2D eigenvalue weighted by Gasteiger charge is -2.22. The molecule has 0 radical (unpaired) electrons. The number of nitrogens with one attached hydrogen (secondary N) is 2. The van der Waals surface area contributed by atoms with Gasteiger partial charge in [-0.25, -0.2) is 0 Å². The van der Waals surface area contributed by atoms with Gasteiger partial charge in [0.2, 0.25) is 0 Å². The Balaban J connectivity index is 1.78. The molecule has 1 aromatic heterocycles. The van der Waals surface area contributed by atoms with Gasteiger partial charge >= 0.3 is 0 Å². The molecule has 1 atom stereocenters. The quantitative estimate of drug-likeness (QED) is 0.759. The molecule has 2 heterocycles. The molecule has 2 N–H and O–H groups in total. The molecule has 4 nitrogen and oxygen atoms in total. The Hall–Kier alpha value is -1.03. The second-order valence-corrected chi connectivity index (χ2v) is 3.86. The molecule has 1 aromatic rings. The molecule has 0 bridgehead atoms. The summed E-state index contributed by atoms with van der Waals surface area (Å²) in [5.74, 6) is 0.766. The first-order valence-electron chi connectivity index (χ1n) is 5.25. The number of hydrogen-bond acceptors (Lipinski definition) is 3. The van der Waals surface area contributed by atoms with Gasteiger partial charge in [-0.3, -0.25) is 4.79 Å². The molecule has 0 saturated carbocycles.